The van der Waals surface area contributed by atoms with E-state index in [1.165, 1.54) is 16.3 Å². The molecule has 3 aromatic heterocycles. The summed E-state index contributed by atoms with van der Waals surface area (Å²) in [5, 5.41) is 3.41. The number of hydrogen-bond donors (Lipinski definition) is 2. The van der Waals surface area contributed by atoms with E-state index in [0.717, 1.165) is 22.5 Å². The monoisotopic (exact) mass is 422 g/mol. The van der Waals surface area contributed by atoms with Gasteiger partial charge < -0.3 is 14.7 Å². The van der Waals surface area contributed by atoms with Crippen LogP contribution in [-0.4, -0.2) is 26.2 Å². The Kier molecular flexibility index (Phi) is 5.50. The molecule has 1 aromatic carbocycles. The molecule has 0 bridgehead atoms. The lowest BCUT2D eigenvalue weighted by Gasteiger charge is -2.12. The molecule has 30 heavy (non-hydrogen) atoms. The van der Waals surface area contributed by atoms with Crippen LogP contribution in [0.2, 0.25) is 0 Å². The lowest BCUT2D eigenvalue weighted by Crippen LogP contribution is -2.24. The second-order valence-corrected chi connectivity index (χ2v) is 8.10. The molecule has 0 spiro atoms. The Morgan fingerprint density at radius 3 is 2.83 bits per heavy atom. The predicted octanol–water partition coefficient (Wildman–Crippen LogP) is 4.02. The molecule has 0 radical (unpaired) electrons. The van der Waals surface area contributed by atoms with Crippen LogP contribution in [0.5, 0.6) is 0 Å². The summed E-state index contributed by atoms with van der Waals surface area (Å²) >= 11 is 1.23. The van der Waals surface area contributed by atoms with Gasteiger partial charge in [-0.2, -0.15) is 0 Å². The summed E-state index contributed by atoms with van der Waals surface area (Å²) in [6.07, 6.45) is 1.57. The topological polar surface area (TPSA) is 92.9 Å². The van der Waals surface area contributed by atoms with Crippen molar-refractivity contribution in [2.24, 2.45) is 0 Å². The Labute approximate surface area is 177 Å². The third-order valence-corrected chi connectivity index (χ3v) is 5.92. The summed E-state index contributed by atoms with van der Waals surface area (Å²) in [4.78, 5) is 33.3. The van der Waals surface area contributed by atoms with Gasteiger partial charge in [-0.15, -0.1) is 0 Å². The number of carbonyl (C=O) groups excluding carboxylic acids is 1. The fraction of sp³-hybridized carbons (Fsp3) is 0.227. The second-order valence-electron chi connectivity index (χ2n) is 7.16. The Hall–Kier alpha value is -3.26. The first kappa shape index (κ1) is 20.0. The van der Waals surface area contributed by atoms with E-state index >= 15 is 0 Å². The molecule has 0 fully saturated rings. The van der Waals surface area contributed by atoms with Gasteiger partial charge in [0.15, 0.2) is 5.16 Å². The average Bonchev–Trinajstić information content (AvgIpc) is 3.35. The number of thioether (sulfide) groups is 1. The lowest BCUT2D eigenvalue weighted by atomic mass is 10.1. The van der Waals surface area contributed by atoms with Crippen molar-refractivity contribution >= 4 is 34.4 Å². The van der Waals surface area contributed by atoms with Gasteiger partial charge >= 0.3 is 0 Å². The minimum Gasteiger partial charge on any atom is -0.467 e. The number of rotatable bonds is 6. The number of furan rings is 1. The summed E-state index contributed by atoms with van der Waals surface area (Å²) in [5.74, 6) is 0.619. The molecule has 154 valence electrons. The van der Waals surface area contributed by atoms with Gasteiger partial charge in [-0.1, -0.05) is 23.9 Å². The highest BCUT2D eigenvalue weighted by molar-refractivity contribution is 7.99. The van der Waals surface area contributed by atoms with Crippen LogP contribution in [0, 0.1) is 20.8 Å². The van der Waals surface area contributed by atoms with E-state index < -0.39 is 0 Å². The molecule has 7 nitrogen and oxygen atoms in total. The molecular weight excluding hydrogens is 400 g/mol. The molecule has 0 saturated carbocycles. The van der Waals surface area contributed by atoms with Crippen molar-refractivity contribution in [1.82, 2.24) is 14.5 Å². The maximum Gasteiger partial charge on any atom is 0.278 e. The van der Waals surface area contributed by atoms with Crippen LogP contribution in [-0.2, 0) is 11.3 Å². The summed E-state index contributed by atoms with van der Waals surface area (Å²) in [6, 6.07) is 11.2. The minimum absolute atomic E-state index is 0.132. The van der Waals surface area contributed by atoms with Crippen LogP contribution in [0.1, 0.15) is 22.6 Å². The van der Waals surface area contributed by atoms with Crippen molar-refractivity contribution in [3.63, 3.8) is 0 Å². The number of benzene rings is 1. The molecule has 0 aliphatic heterocycles. The minimum atomic E-state index is -0.193. The Bertz CT molecular complexity index is 1270. The number of aromatic nitrogens is 3. The summed E-state index contributed by atoms with van der Waals surface area (Å²) < 4.78 is 6.94. The first-order chi connectivity index (χ1) is 14.4. The number of amides is 1. The highest BCUT2D eigenvalue weighted by Gasteiger charge is 2.16. The fourth-order valence-corrected chi connectivity index (χ4v) is 4.02. The first-order valence-corrected chi connectivity index (χ1v) is 10.5. The maximum atomic E-state index is 13.0. The number of carbonyl (C=O) groups is 1. The van der Waals surface area contributed by atoms with E-state index in [0.29, 0.717) is 22.0 Å². The van der Waals surface area contributed by atoms with Crippen LogP contribution in [0.15, 0.2) is 57.0 Å². The lowest BCUT2D eigenvalue weighted by molar-refractivity contribution is -0.113. The van der Waals surface area contributed by atoms with Crippen LogP contribution in [0.4, 0.5) is 5.69 Å². The molecular formula is C22H22N4O3S. The highest BCUT2D eigenvalue weighted by atomic mass is 32.2. The number of nitrogens with one attached hydrogen (secondary N) is 2. The molecule has 4 rings (SSSR count). The van der Waals surface area contributed by atoms with E-state index in [9.17, 15) is 9.59 Å². The Morgan fingerprint density at radius 2 is 2.07 bits per heavy atom. The van der Waals surface area contributed by atoms with Crippen LogP contribution in [0.3, 0.4) is 0 Å². The average molecular weight is 423 g/mol. The van der Waals surface area contributed by atoms with E-state index in [2.05, 4.69) is 15.3 Å². The molecule has 0 saturated heterocycles. The fourth-order valence-electron chi connectivity index (χ4n) is 3.22. The molecule has 4 aromatic rings. The number of hydrogen-bond acceptors (Lipinski definition) is 5. The van der Waals surface area contributed by atoms with Crippen molar-refractivity contribution in [1.29, 1.82) is 0 Å². The zero-order valence-electron chi connectivity index (χ0n) is 17.0. The van der Waals surface area contributed by atoms with Gasteiger partial charge in [0, 0.05) is 11.4 Å². The molecule has 8 heteroatoms. The normalized spacial score (nSPS) is 11.2. The summed E-state index contributed by atoms with van der Waals surface area (Å²) in [7, 11) is 0. The summed E-state index contributed by atoms with van der Waals surface area (Å²) in [5.41, 5.74) is 4.64. The number of anilines is 1. The van der Waals surface area contributed by atoms with Crippen LogP contribution >= 0.6 is 11.8 Å². The number of aryl methyl sites for hydroxylation is 2. The van der Waals surface area contributed by atoms with Crippen LogP contribution < -0.4 is 10.9 Å². The Balaban J connectivity index is 1.60. The molecule has 0 unspecified atom stereocenters. The second kappa shape index (κ2) is 8.23. The predicted molar refractivity (Wildman–Crippen MR) is 118 cm³/mol. The van der Waals surface area contributed by atoms with Gasteiger partial charge in [0.05, 0.1) is 24.1 Å². The third-order valence-electron chi connectivity index (χ3n) is 4.94. The molecule has 1 amide bonds. The standard InChI is InChI=1S/C22H22N4O3S/c1-13-6-4-8-17(15(13)3)24-19(27)12-30-22-25-18-10-14(2)23-20(18)21(28)26(22)11-16-7-5-9-29-16/h4-10,23H,11-12H2,1-3H3,(H,24,27). The van der Waals surface area contributed by atoms with Gasteiger partial charge in [0.1, 0.15) is 11.3 Å². The number of nitrogens with zero attached hydrogens (tertiary/aromatic N) is 2. The van der Waals surface area contributed by atoms with Gasteiger partial charge in [0.2, 0.25) is 5.91 Å². The van der Waals surface area contributed by atoms with Crippen molar-refractivity contribution < 1.29 is 9.21 Å². The van der Waals surface area contributed by atoms with Gasteiger partial charge in [-0.05, 0) is 56.2 Å². The number of aromatic amines is 1. The van der Waals surface area contributed by atoms with E-state index in [1.807, 2.05) is 45.0 Å². The smallest absolute Gasteiger partial charge is 0.278 e. The zero-order chi connectivity index (χ0) is 21.3. The van der Waals surface area contributed by atoms with Crippen molar-refractivity contribution in [2.75, 3.05) is 11.1 Å². The largest absolute Gasteiger partial charge is 0.467 e. The summed E-state index contributed by atoms with van der Waals surface area (Å²) in [6.45, 7) is 6.10. The Morgan fingerprint density at radius 1 is 1.23 bits per heavy atom. The van der Waals surface area contributed by atoms with Crippen molar-refractivity contribution in [3.8, 4) is 0 Å². The van der Waals surface area contributed by atoms with E-state index in [1.54, 1.807) is 18.4 Å². The molecule has 0 aliphatic rings. The zero-order valence-corrected chi connectivity index (χ0v) is 17.8. The van der Waals surface area contributed by atoms with Crippen molar-refractivity contribution in [2.45, 2.75) is 32.5 Å². The SMILES string of the molecule is Cc1cc2nc(SCC(=O)Nc3cccc(C)c3C)n(Cc3ccco3)c(=O)c2[nH]1. The molecule has 0 aliphatic carbocycles. The molecule has 3 heterocycles. The quantitative estimate of drug-likeness (QED) is 0.362. The van der Waals surface area contributed by atoms with Gasteiger partial charge in [-0.3, -0.25) is 14.2 Å². The maximum absolute atomic E-state index is 13.0. The third kappa shape index (κ3) is 4.04. The molecule has 0 atom stereocenters. The molecule has 2 N–H and O–H groups in total. The number of H-pyrrole nitrogens is 1. The van der Waals surface area contributed by atoms with Crippen molar-refractivity contribution in [3.05, 3.63) is 75.6 Å². The van der Waals surface area contributed by atoms with Gasteiger partial charge in [-0.25, -0.2) is 4.98 Å². The van der Waals surface area contributed by atoms with E-state index in [4.69, 9.17) is 4.42 Å². The first-order valence-electron chi connectivity index (χ1n) is 9.54. The highest BCUT2D eigenvalue weighted by Crippen LogP contribution is 2.22. The van der Waals surface area contributed by atoms with Crippen LogP contribution in [0.25, 0.3) is 11.0 Å². The number of fused-ring (bicyclic) bond motifs is 1. The van der Waals surface area contributed by atoms with Gasteiger partial charge in [0.25, 0.3) is 5.56 Å². The van der Waals surface area contributed by atoms with E-state index in [-0.39, 0.29) is 23.8 Å².